The molecule has 116 valence electrons. The number of ether oxygens (including phenoxy) is 1. The zero-order valence-electron chi connectivity index (χ0n) is 12.4. The van der Waals surface area contributed by atoms with Crippen LogP contribution in [0.25, 0.3) is 0 Å². The number of hydrogen-bond acceptors (Lipinski definition) is 5. The van der Waals surface area contributed by atoms with Gasteiger partial charge in [0.2, 0.25) is 5.91 Å². The summed E-state index contributed by atoms with van der Waals surface area (Å²) in [4.78, 5) is 15.5. The molecule has 21 heavy (non-hydrogen) atoms. The fourth-order valence-corrected chi connectivity index (χ4v) is 2.35. The molecular weight excluding hydrogens is 270 g/mol. The molecule has 1 aliphatic rings. The minimum atomic E-state index is -0.636. The molecule has 0 aliphatic carbocycles. The summed E-state index contributed by atoms with van der Waals surface area (Å²) in [5.74, 6) is 0.733. The van der Waals surface area contributed by atoms with E-state index in [9.17, 15) is 9.90 Å². The molecule has 1 amide bonds. The third-order valence-corrected chi connectivity index (χ3v) is 3.52. The highest BCUT2D eigenvalue weighted by atomic mass is 16.5. The number of carbonyl (C=O) groups excluding carboxylic acids is 1. The maximum Gasteiger partial charge on any atom is 0.236 e. The lowest BCUT2D eigenvalue weighted by atomic mass is 10.3. The summed E-state index contributed by atoms with van der Waals surface area (Å²) >= 11 is 0. The van der Waals surface area contributed by atoms with Crippen LogP contribution >= 0.6 is 0 Å². The van der Waals surface area contributed by atoms with E-state index in [2.05, 4.69) is 0 Å². The van der Waals surface area contributed by atoms with Crippen LogP contribution in [0.1, 0.15) is 6.42 Å². The Morgan fingerprint density at radius 1 is 1.43 bits per heavy atom. The largest absolute Gasteiger partial charge is 0.491 e. The van der Waals surface area contributed by atoms with E-state index < -0.39 is 6.10 Å². The van der Waals surface area contributed by atoms with Crippen LogP contribution in [-0.4, -0.2) is 66.8 Å². The molecule has 3 N–H and O–H groups in total. The highest BCUT2D eigenvalue weighted by molar-refractivity contribution is 5.78. The summed E-state index contributed by atoms with van der Waals surface area (Å²) < 4.78 is 5.52. The SMILES string of the molecule is CN1CCCN(CC(O)COc2cccc(N)c2)CC1=O. The van der Waals surface area contributed by atoms with Gasteiger partial charge in [-0.2, -0.15) is 0 Å². The molecule has 1 saturated heterocycles. The average Bonchev–Trinajstić information content (AvgIpc) is 2.59. The summed E-state index contributed by atoms with van der Waals surface area (Å²) in [6.45, 7) is 2.55. The van der Waals surface area contributed by atoms with Gasteiger partial charge in [-0.15, -0.1) is 0 Å². The van der Waals surface area contributed by atoms with Crippen LogP contribution < -0.4 is 10.5 Å². The highest BCUT2D eigenvalue weighted by Crippen LogP contribution is 2.14. The quantitative estimate of drug-likeness (QED) is 0.757. The predicted molar refractivity (Wildman–Crippen MR) is 81.1 cm³/mol. The molecule has 0 bridgehead atoms. The van der Waals surface area contributed by atoms with E-state index >= 15 is 0 Å². The van der Waals surface area contributed by atoms with Crippen LogP contribution in [0.15, 0.2) is 24.3 Å². The van der Waals surface area contributed by atoms with Crippen LogP contribution in [0.5, 0.6) is 5.75 Å². The van der Waals surface area contributed by atoms with Gasteiger partial charge < -0.3 is 20.5 Å². The maximum absolute atomic E-state index is 11.8. The van der Waals surface area contributed by atoms with Crippen molar-refractivity contribution in [2.45, 2.75) is 12.5 Å². The fourth-order valence-electron chi connectivity index (χ4n) is 2.35. The number of β-amino-alcohol motifs (C(OH)–C–C–N with tert-alkyl or cyclic N) is 1. The van der Waals surface area contributed by atoms with Gasteiger partial charge in [0.15, 0.2) is 0 Å². The second-order valence-corrected chi connectivity index (χ2v) is 5.44. The molecular formula is C15H23N3O3. The van der Waals surface area contributed by atoms with Crippen molar-refractivity contribution in [3.05, 3.63) is 24.3 Å². The molecule has 0 saturated carbocycles. The Hall–Kier alpha value is -1.79. The molecule has 6 nitrogen and oxygen atoms in total. The first-order chi connectivity index (χ1) is 10.0. The van der Waals surface area contributed by atoms with Crippen LogP contribution in [-0.2, 0) is 4.79 Å². The number of carbonyl (C=O) groups is 1. The monoisotopic (exact) mass is 293 g/mol. The Labute approximate surface area is 125 Å². The Balaban J connectivity index is 1.78. The lowest BCUT2D eigenvalue weighted by molar-refractivity contribution is -0.130. The van der Waals surface area contributed by atoms with Crippen LogP contribution in [0.2, 0.25) is 0 Å². The predicted octanol–water partition coefficient (Wildman–Crippen LogP) is 0.173. The van der Waals surface area contributed by atoms with Gasteiger partial charge in [-0.3, -0.25) is 9.69 Å². The van der Waals surface area contributed by atoms with Crippen molar-refractivity contribution in [1.82, 2.24) is 9.80 Å². The highest BCUT2D eigenvalue weighted by Gasteiger charge is 2.21. The molecule has 1 aliphatic heterocycles. The molecule has 0 spiro atoms. The van der Waals surface area contributed by atoms with E-state index in [0.29, 0.717) is 24.5 Å². The lowest BCUT2D eigenvalue weighted by Gasteiger charge is -2.22. The average molecular weight is 293 g/mol. The summed E-state index contributed by atoms with van der Waals surface area (Å²) in [7, 11) is 1.81. The van der Waals surface area contributed by atoms with Gasteiger partial charge in [0.25, 0.3) is 0 Å². The number of aliphatic hydroxyl groups excluding tert-OH is 1. The van der Waals surface area contributed by atoms with Gasteiger partial charge in [-0.1, -0.05) is 6.07 Å². The van der Waals surface area contributed by atoms with Crippen LogP contribution in [0.4, 0.5) is 5.69 Å². The smallest absolute Gasteiger partial charge is 0.236 e. The Morgan fingerprint density at radius 2 is 2.24 bits per heavy atom. The summed E-state index contributed by atoms with van der Waals surface area (Å²) in [6, 6.07) is 7.10. The molecule has 1 heterocycles. The van der Waals surface area contributed by atoms with Crippen molar-refractivity contribution < 1.29 is 14.6 Å². The molecule has 1 atom stereocenters. The summed E-state index contributed by atoms with van der Waals surface area (Å²) in [5, 5.41) is 10.1. The van der Waals surface area contributed by atoms with Crippen molar-refractivity contribution in [2.24, 2.45) is 0 Å². The van der Waals surface area contributed by atoms with Crippen molar-refractivity contribution in [1.29, 1.82) is 0 Å². The van der Waals surface area contributed by atoms with Gasteiger partial charge in [-0.25, -0.2) is 0 Å². The number of benzene rings is 1. The van der Waals surface area contributed by atoms with E-state index in [0.717, 1.165) is 19.5 Å². The van der Waals surface area contributed by atoms with Gasteiger partial charge in [0, 0.05) is 38.4 Å². The van der Waals surface area contributed by atoms with E-state index in [4.69, 9.17) is 10.5 Å². The van der Waals surface area contributed by atoms with E-state index in [1.165, 1.54) is 0 Å². The van der Waals surface area contributed by atoms with E-state index in [1.807, 2.05) is 11.9 Å². The van der Waals surface area contributed by atoms with Gasteiger partial charge >= 0.3 is 0 Å². The number of nitrogens with two attached hydrogens (primary N) is 1. The zero-order chi connectivity index (χ0) is 15.2. The van der Waals surface area contributed by atoms with Crippen LogP contribution in [0.3, 0.4) is 0 Å². The minimum Gasteiger partial charge on any atom is -0.491 e. The number of amides is 1. The first-order valence-electron chi connectivity index (χ1n) is 7.17. The third kappa shape index (κ3) is 4.91. The molecule has 0 aromatic heterocycles. The second kappa shape index (κ2) is 7.28. The Kier molecular flexibility index (Phi) is 5.41. The van der Waals surface area contributed by atoms with Gasteiger partial charge in [0.05, 0.1) is 6.54 Å². The van der Waals surface area contributed by atoms with Gasteiger partial charge in [-0.05, 0) is 18.6 Å². The van der Waals surface area contributed by atoms with Crippen molar-refractivity contribution in [3.63, 3.8) is 0 Å². The number of likely N-dealkylation sites (N-methyl/N-ethyl adjacent to an activating group) is 1. The zero-order valence-corrected chi connectivity index (χ0v) is 12.4. The molecule has 1 unspecified atom stereocenters. The molecule has 6 heteroatoms. The minimum absolute atomic E-state index is 0.0939. The second-order valence-electron chi connectivity index (χ2n) is 5.44. The summed E-state index contributed by atoms with van der Waals surface area (Å²) in [5.41, 5.74) is 6.30. The number of nitrogens with zero attached hydrogens (tertiary/aromatic N) is 2. The number of nitrogen functional groups attached to an aromatic ring is 1. The number of rotatable bonds is 5. The number of anilines is 1. The third-order valence-electron chi connectivity index (χ3n) is 3.52. The van der Waals surface area contributed by atoms with Gasteiger partial charge in [0.1, 0.15) is 18.5 Å². The first-order valence-corrected chi connectivity index (χ1v) is 7.17. The fraction of sp³-hybridized carbons (Fsp3) is 0.533. The molecule has 1 fully saturated rings. The molecule has 1 aromatic carbocycles. The standard InChI is InChI=1S/C15H23N3O3/c1-17-6-3-7-18(10-15(17)20)9-13(19)11-21-14-5-2-4-12(16)8-14/h2,4-5,8,13,19H,3,6-7,9-11,16H2,1H3. The van der Waals surface area contributed by atoms with E-state index in [-0.39, 0.29) is 12.5 Å². The number of hydrogen-bond donors (Lipinski definition) is 2. The maximum atomic E-state index is 11.8. The molecule has 2 rings (SSSR count). The molecule has 0 radical (unpaired) electrons. The lowest BCUT2D eigenvalue weighted by Crippen LogP contribution is -2.40. The number of aliphatic hydroxyl groups is 1. The summed E-state index contributed by atoms with van der Waals surface area (Å²) in [6.07, 6.45) is 0.285. The molecule has 1 aromatic rings. The Morgan fingerprint density at radius 3 is 3.00 bits per heavy atom. The van der Waals surface area contributed by atoms with Crippen molar-refractivity contribution in [3.8, 4) is 5.75 Å². The van der Waals surface area contributed by atoms with Crippen molar-refractivity contribution >= 4 is 11.6 Å². The van der Waals surface area contributed by atoms with E-state index in [1.54, 1.807) is 29.2 Å². The van der Waals surface area contributed by atoms with Crippen LogP contribution in [0, 0.1) is 0 Å². The normalized spacial score (nSPS) is 18.4. The topological polar surface area (TPSA) is 79.0 Å². The van der Waals surface area contributed by atoms with Crippen molar-refractivity contribution in [2.75, 3.05) is 45.6 Å². The Bertz CT molecular complexity index is 481. The first kappa shape index (κ1) is 15.6.